The SMILES string of the molecule is CC/C=C\C/C=C\C/C=C\CCCCCC(=O)OC(COCCCCCCCCCCCCCCCC)COC1OC(CO)C(O)C(O)C1O. The first-order valence-electron chi connectivity index (χ1n) is 20.1. The molecule has 0 bridgehead atoms. The Morgan fingerprint density at radius 2 is 1.22 bits per heavy atom. The van der Waals surface area contributed by atoms with E-state index in [0.717, 1.165) is 57.8 Å². The van der Waals surface area contributed by atoms with Crippen LogP contribution in [0.2, 0.25) is 0 Å². The van der Waals surface area contributed by atoms with Crippen LogP contribution in [0.15, 0.2) is 36.5 Å². The van der Waals surface area contributed by atoms with Gasteiger partial charge in [0.15, 0.2) is 6.29 Å². The van der Waals surface area contributed by atoms with Gasteiger partial charge in [-0.05, 0) is 44.9 Å². The number of carbonyl (C=O) groups is 1. The van der Waals surface area contributed by atoms with Crippen molar-refractivity contribution in [1.29, 1.82) is 0 Å². The van der Waals surface area contributed by atoms with Gasteiger partial charge in [-0.25, -0.2) is 0 Å². The van der Waals surface area contributed by atoms with Crippen LogP contribution in [-0.2, 0) is 23.7 Å². The molecule has 9 heteroatoms. The van der Waals surface area contributed by atoms with Crippen LogP contribution in [-0.4, -0.2) is 89.6 Å². The molecular formula is C41H74O9. The molecule has 1 rings (SSSR count). The highest BCUT2D eigenvalue weighted by Crippen LogP contribution is 2.22. The average molecular weight is 711 g/mol. The molecular weight excluding hydrogens is 636 g/mol. The van der Waals surface area contributed by atoms with Crippen LogP contribution >= 0.6 is 0 Å². The molecule has 0 aromatic heterocycles. The van der Waals surface area contributed by atoms with E-state index in [4.69, 9.17) is 18.9 Å². The summed E-state index contributed by atoms with van der Waals surface area (Å²) in [6.45, 7) is 4.40. The zero-order chi connectivity index (χ0) is 36.5. The van der Waals surface area contributed by atoms with Crippen molar-refractivity contribution < 1.29 is 44.2 Å². The molecule has 1 aliphatic rings. The van der Waals surface area contributed by atoms with Crippen LogP contribution in [0, 0.1) is 0 Å². The first-order valence-corrected chi connectivity index (χ1v) is 20.1. The van der Waals surface area contributed by atoms with E-state index in [1.807, 2.05) is 0 Å². The number of hydrogen-bond acceptors (Lipinski definition) is 9. The summed E-state index contributed by atoms with van der Waals surface area (Å²) >= 11 is 0. The molecule has 0 amide bonds. The summed E-state index contributed by atoms with van der Waals surface area (Å²) < 4.78 is 22.7. The molecule has 1 saturated heterocycles. The minimum absolute atomic E-state index is 0.124. The predicted octanol–water partition coefficient (Wildman–Crippen LogP) is 8.02. The van der Waals surface area contributed by atoms with Crippen LogP contribution in [0.25, 0.3) is 0 Å². The fourth-order valence-electron chi connectivity index (χ4n) is 5.92. The number of esters is 1. The van der Waals surface area contributed by atoms with Crippen LogP contribution < -0.4 is 0 Å². The average Bonchev–Trinajstić information content (AvgIpc) is 3.11. The molecule has 9 nitrogen and oxygen atoms in total. The van der Waals surface area contributed by atoms with E-state index in [-0.39, 0.29) is 25.6 Å². The molecule has 0 aromatic rings. The fourth-order valence-corrected chi connectivity index (χ4v) is 5.92. The zero-order valence-corrected chi connectivity index (χ0v) is 31.6. The van der Waals surface area contributed by atoms with Crippen LogP contribution in [0.1, 0.15) is 155 Å². The standard InChI is InChI=1S/C41H74O9/c1-3-5-7-9-11-13-15-17-19-21-23-25-27-29-31-47-33-35(34-48-41-40(46)39(45)38(44)36(32-42)50-41)49-37(43)30-28-26-24-22-20-18-16-14-12-10-8-6-4-2/h6,8,12,14,18,20,35-36,38-42,44-46H,3-5,7,9-11,13,15-17,19,21-34H2,1-2H3/b8-6-,14-12-,20-18-. The van der Waals surface area contributed by atoms with Crippen LogP contribution in [0.4, 0.5) is 0 Å². The number of ether oxygens (including phenoxy) is 4. The van der Waals surface area contributed by atoms with E-state index in [2.05, 4.69) is 50.3 Å². The molecule has 0 aliphatic carbocycles. The van der Waals surface area contributed by atoms with Crippen molar-refractivity contribution in [3.63, 3.8) is 0 Å². The van der Waals surface area contributed by atoms with E-state index >= 15 is 0 Å². The Hall–Kier alpha value is -1.59. The van der Waals surface area contributed by atoms with Gasteiger partial charge in [0.2, 0.25) is 0 Å². The summed E-state index contributed by atoms with van der Waals surface area (Å²) in [5.41, 5.74) is 0. The first kappa shape index (κ1) is 46.4. The van der Waals surface area contributed by atoms with E-state index in [0.29, 0.717) is 6.61 Å². The molecule has 4 N–H and O–H groups in total. The van der Waals surface area contributed by atoms with Crippen molar-refractivity contribution in [3.05, 3.63) is 36.5 Å². The highest BCUT2D eigenvalue weighted by molar-refractivity contribution is 5.69. The lowest BCUT2D eigenvalue weighted by molar-refractivity contribution is -0.305. The highest BCUT2D eigenvalue weighted by atomic mass is 16.7. The maximum Gasteiger partial charge on any atom is 0.306 e. The molecule has 50 heavy (non-hydrogen) atoms. The highest BCUT2D eigenvalue weighted by Gasteiger charge is 2.44. The monoisotopic (exact) mass is 711 g/mol. The third kappa shape index (κ3) is 24.6. The molecule has 292 valence electrons. The predicted molar refractivity (Wildman–Crippen MR) is 201 cm³/mol. The second kappa shape index (κ2) is 33.3. The number of carbonyl (C=O) groups excluding carboxylic acids is 1. The van der Waals surface area contributed by atoms with Crippen molar-refractivity contribution in [2.24, 2.45) is 0 Å². The Kier molecular flexibility index (Phi) is 30.9. The van der Waals surface area contributed by atoms with E-state index in [1.54, 1.807) is 0 Å². The second-order valence-electron chi connectivity index (χ2n) is 13.7. The molecule has 0 radical (unpaired) electrons. The summed E-state index contributed by atoms with van der Waals surface area (Å²) in [7, 11) is 0. The van der Waals surface area contributed by atoms with Gasteiger partial charge in [0.25, 0.3) is 0 Å². The number of hydrogen-bond donors (Lipinski definition) is 4. The number of aliphatic hydroxyl groups excluding tert-OH is 4. The van der Waals surface area contributed by atoms with Gasteiger partial charge in [0.1, 0.15) is 30.5 Å². The smallest absolute Gasteiger partial charge is 0.306 e. The molecule has 1 aliphatic heterocycles. The minimum atomic E-state index is -1.54. The Morgan fingerprint density at radius 1 is 0.660 bits per heavy atom. The number of allylic oxidation sites excluding steroid dienone is 6. The summed E-state index contributed by atoms with van der Waals surface area (Å²) in [4.78, 5) is 12.7. The van der Waals surface area contributed by atoms with Crippen LogP contribution in [0.5, 0.6) is 0 Å². The normalized spacial score (nSPS) is 21.9. The van der Waals surface area contributed by atoms with Crippen molar-refractivity contribution in [3.8, 4) is 0 Å². The van der Waals surface area contributed by atoms with E-state index < -0.39 is 43.4 Å². The molecule has 1 heterocycles. The molecule has 1 fully saturated rings. The first-order chi connectivity index (χ1) is 24.4. The minimum Gasteiger partial charge on any atom is -0.457 e. The number of aliphatic hydroxyl groups is 4. The largest absolute Gasteiger partial charge is 0.457 e. The lowest BCUT2D eigenvalue weighted by Gasteiger charge is -2.39. The van der Waals surface area contributed by atoms with Crippen molar-refractivity contribution in [2.75, 3.05) is 26.4 Å². The second-order valence-corrected chi connectivity index (χ2v) is 13.7. The number of rotatable bonds is 33. The Bertz CT molecular complexity index is 859. The molecule has 6 atom stereocenters. The zero-order valence-electron chi connectivity index (χ0n) is 31.6. The van der Waals surface area contributed by atoms with Gasteiger partial charge in [0, 0.05) is 13.0 Å². The Morgan fingerprint density at radius 3 is 1.82 bits per heavy atom. The summed E-state index contributed by atoms with van der Waals surface area (Å²) in [6.07, 6.45) is 30.3. The van der Waals surface area contributed by atoms with Gasteiger partial charge in [-0.3, -0.25) is 4.79 Å². The molecule has 0 saturated carbocycles. The Balaban J connectivity index is 2.33. The topological polar surface area (TPSA) is 135 Å². The summed E-state index contributed by atoms with van der Waals surface area (Å²) in [5, 5.41) is 40.0. The van der Waals surface area contributed by atoms with Gasteiger partial charge < -0.3 is 39.4 Å². The van der Waals surface area contributed by atoms with Gasteiger partial charge in [-0.2, -0.15) is 0 Å². The fraction of sp³-hybridized carbons (Fsp3) is 0.829. The van der Waals surface area contributed by atoms with E-state index in [1.165, 1.54) is 77.0 Å². The molecule has 6 unspecified atom stereocenters. The van der Waals surface area contributed by atoms with E-state index in [9.17, 15) is 25.2 Å². The lowest BCUT2D eigenvalue weighted by atomic mass is 9.99. The third-order valence-corrected chi connectivity index (χ3v) is 9.07. The van der Waals surface area contributed by atoms with Crippen molar-refractivity contribution in [1.82, 2.24) is 0 Å². The van der Waals surface area contributed by atoms with Gasteiger partial charge in [-0.1, -0.05) is 140 Å². The molecule has 0 aromatic carbocycles. The van der Waals surface area contributed by atoms with Crippen molar-refractivity contribution in [2.45, 2.75) is 192 Å². The third-order valence-electron chi connectivity index (χ3n) is 9.07. The quantitative estimate of drug-likeness (QED) is 0.0303. The van der Waals surface area contributed by atoms with Gasteiger partial charge >= 0.3 is 5.97 Å². The maximum atomic E-state index is 12.7. The van der Waals surface area contributed by atoms with Gasteiger partial charge in [0.05, 0.1) is 19.8 Å². The number of unbranched alkanes of at least 4 members (excludes halogenated alkanes) is 16. The summed E-state index contributed by atoms with van der Waals surface area (Å²) in [6, 6.07) is 0. The maximum absolute atomic E-state index is 12.7. The summed E-state index contributed by atoms with van der Waals surface area (Å²) in [5.74, 6) is -0.342. The lowest BCUT2D eigenvalue weighted by Crippen LogP contribution is -2.59. The van der Waals surface area contributed by atoms with Crippen LogP contribution in [0.3, 0.4) is 0 Å². The van der Waals surface area contributed by atoms with Crippen molar-refractivity contribution >= 4 is 5.97 Å². The van der Waals surface area contributed by atoms with Gasteiger partial charge in [-0.15, -0.1) is 0 Å². The Labute approximate surface area is 304 Å². The molecule has 0 spiro atoms.